The summed E-state index contributed by atoms with van der Waals surface area (Å²) in [5.74, 6) is 1.84. The molecule has 3 aromatic carbocycles. The molecule has 30 heavy (non-hydrogen) atoms. The van der Waals surface area contributed by atoms with Crippen LogP contribution in [0.25, 0.3) is 16.8 Å². The second-order valence-electron chi connectivity index (χ2n) is 8.62. The summed E-state index contributed by atoms with van der Waals surface area (Å²) in [5, 5.41) is 2.58. The summed E-state index contributed by atoms with van der Waals surface area (Å²) in [5.41, 5.74) is 4.30. The molecule has 3 heteroatoms. The van der Waals surface area contributed by atoms with Crippen molar-refractivity contribution in [1.82, 2.24) is 0 Å². The number of nitrogens with zero attached hydrogens (tertiary/aromatic N) is 1. The summed E-state index contributed by atoms with van der Waals surface area (Å²) < 4.78 is 12.1. The van der Waals surface area contributed by atoms with Gasteiger partial charge in [0.15, 0.2) is 0 Å². The summed E-state index contributed by atoms with van der Waals surface area (Å²) in [6.07, 6.45) is 8.28. The molecule has 3 nitrogen and oxygen atoms in total. The molecule has 0 radical (unpaired) electrons. The molecule has 3 aromatic rings. The number of hydrogen-bond acceptors (Lipinski definition) is 3. The van der Waals surface area contributed by atoms with Gasteiger partial charge < -0.3 is 14.4 Å². The Morgan fingerprint density at radius 2 is 1.73 bits per heavy atom. The highest BCUT2D eigenvalue weighted by Crippen LogP contribution is 2.45. The number of hydrogen-bond donors (Lipinski definition) is 0. The number of anilines is 1. The first-order valence-corrected chi connectivity index (χ1v) is 10.9. The summed E-state index contributed by atoms with van der Waals surface area (Å²) in [6, 6.07) is 17.2. The van der Waals surface area contributed by atoms with Crippen molar-refractivity contribution in [3.05, 3.63) is 71.3 Å². The van der Waals surface area contributed by atoms with Crippen LogP contribution in [0, 0.1) is 6.92 Å². The van der Waals surface area contributed by atoms with Crippen LogP contribution in [0.1, 0.15) is 42.9 Å². The van der Waals surface area contributed by atoms with Crippen LogP contribution in [0.2, 0.25) is 0 Å². The van der Waals surface area contributed by atoms with Gasteiger partial charge in [0.25, 0.3) is 0 Å². The third-order valence-electron chi connectivity index (χ3n) is 6.58. The van der Waals surface area contributed by atoms with Crippen LogP contribution in [0.5, 0.6) is 11.5 Å². The number of piperidine rings is 1. The highest BCUT2D eigenvalue weighted by Gasteiger charge is 2.32. The molecule has 1 atom stereocenters. The average Bonchev–Trinajstić information content (AvgIpc) is 2.78. The van der Waals surface area contributed by atoms with E-state index in [1.807, 2.05) is 6.07 Å². The Morgan fingerprint density at radius 3 is 2.47 bits per heavy atom. The molecule has 154 valence electrons. The van der Waals surface area contributed by atoms with Crippen LogP contribution in [-0.2, 0) is 5.60 Å². The standard InChI is InChI=1S/C27H29NO2/c1-19-17-20(29-3)11-12-24(19)27(2)14-13-23-21-9-5-6-10-22(21)25(18-26(23)30-27)28-15-7-4-8-16-28/h5-6,9-14,17-18H,4,7-8,15-16H2,1-3H3. The lowest BCUT2D eigenvalue weighted by molar-refractivity contribution is 0.138. The van der Waals surface area contributed by atoms with Crippen molar-refractivity contribution in [1.29, 1.82) is 0 Å². The number of methoxy groups -OCH3 is 1. The van der Waals surface area contributed by atoms with E-state index in [4.69, 9.17) is 9.47 Å². The van der Waals surface area contributed by atoms with Gasteiger partial charge in [0, 0.05) is 41.4 Å². The molecule has 0 amide bonds. The summed E-state index contributed by atoms with van der Waals surface area (Å²) >= 11 is 0. The van der Waals surface area contributed by atoms with Gasteiger partial charge in [-0.25, -0.2) is 0 Å². The fourth-order valence-corrected chi connectivity index (χ4v) is 4.98. The van der Waals surface area contributed by atoms with E-state index in [2.05, 4.69) is 73.4 Å². The van der Waals surface area contributed by atoms with Gasteiger partial charge in [-0.2, -0.15) is 0 Å². The number of fused-ring (bicyclic) bond motifs is 3. The van der Waals surface area contributed by atoms with E-state index in [0.29, 0.717) is 0 Å². The average molecular weight is 400 g/mol. The molecule has 0 aliphatic carbocycles. The molecular formula is C27H29NO2. The maximum atomic E-state index is 6.75. The minimum absolute atomic E-state index is 0.509. The zero-order valence-corrected chi connectivity index (χ0v) is 18.1. The van der Waals surface area contributed by atoms with Gasteiger partial charge in [0.2, 0.25) is 0 Å². The van der Waals surface area contributed by atoms with E-state index in [0.717, 1.165) is 30.2 Å². The topological polar surface area (TPSA) is 21.7 Å². The van der Waals surface area contributed by atoms with E-state index >= 15 is 0 Å². The molecule has 2 heterocycles. The number of benzene rings is 3. The Bertz CT molecular complexity index is 1130. The monoisotopic (exact) mass is 399 g/mol. The van der Waals surface area contributed by atoms with Gasteiger partial charge in [-0.1, -0.05) is 36.4 Å². The number of aryl methyl sites for hydroxylation is 1. The molecule has 2 aliphatic heterocycles. The summed E-state index contributed by atoms with van der Waals surface area (Å²) in [4.78, 5) is 2.53. The summed E-state index contributed by atoms with van der Waals surface area (Å²) in [7, 11) is 1.71. The van der Waals surface area contributed by atoms with Crippen molar-refractivity contribution >= 4 is 22.5 Å². The highest BCUT2D eigenvalue weighted by atomic mass is 16.5. The van der Waals surface area contributed by atoms with Crippen LogP contribution in [0.3, 0.4) is 0 Å². The molecule has 0 N–H and O–H groups in total. The zero-order valence-electron chi connectivity index (χ0n) is 18.1. The second-order valence-corrected chi connectivity index (χ2v) is 8.62. The minimum atomic E-state index is -0.509. The maximum Gasteiger partial charge on any atom is 0.150 e. The first kappa shape index (κ1) is 19.0. The highest BCUT2D eigenvalue weighted by molar-refractivity contribution is 6.02. The molecule has 1 fully saturated rings. The molecule has 1 saturated heterocycles. The fourth-order valence-electron chi connectivity index (χ4n) is 4.98. The largest absolute Gasteiger partial charge is 0.497 e. The Kier molecular flexibility index (Phi) is 4.69. The maximum absolute atomic E-state index is 6.75. The van der Waals surface area contributed by atoms with Gasteiger partial charge in [-0.15, -0.1) is 0 Å². The molecular weight excluding hydrogens is 370 g/mol. The molecule has 2 aliphatic rings. The van der Waals surface area contributed by atoms with Gasteiger partial charge in [0.05, 0.1) is 7.11 Å². The van der Waals surface area contributed by atoms with Crippen molar-refractivity contribution in [3.8, 4) is 11.5 Å². The van der Waals surface area contributed by atoms with E-state index in [1.165, 1.54) is 46.8 Å². The van der Waals surface area contributed by atoms with Gasteiger partial charge in [-0.05, 0) is 62.3 Å². The quantitative estimate of drug-likeness (QED) is 0.504. The van der Waals surface area contributed by atoms with Gasteiger partial charge >= 0.3 is 0 Å². The van der Waals surface area contributed by atoms with Gasteiger partial charge in [0.1, 0.15) is 17.1 Å². The van der Waals surface area contributed by atoms with Crippen LogP contribution < -0.4 is 14.4 Å². The van der Waals surface area contributed by atoms with Crippen molar-refractivity contribution in [2.45, 2.75) is 38.7 Å². The zero-order chi connectivity index (χ0) is 20.7. The third-order valence-corrected chi connectivity index (χ3v) is 6.58. The Labute approximate surface area is 178 Å². The van der Waals surface area contributed by atoms with Crippen LogP contribution in [0.4, 0.5) is 5.69 Å². The van der Waals surface area contributed by atoms with Crippen molar-refractivity contribution < 1.29 is 9.47 Å². The molecule has 1 unspecified atom stereocenters. The Morgan fingerprint density at radius 1 is 0.967 bits per heavy atom. The Hall–Kier alpha value is -2.94. The Balaban J connectivity index is 1.62. The predicted molar refractivity (Wildman–Crippen MR) is 125 cm³/mol. The lowest BCUT2D eigenvalue weighted by Crippen LogP contribution is -2.31. The smallest absolute Gasteiger partial charge is 0.150 e. The minimum Gasteiger partial charge on any atom is -0.497 e. The fraction of sp³-hybridized carbons (Fsp3) is 0.333. The van der Waals surface area contributed by atoms with Crippen molar-refractivity contribution in [2.24, 2.45) is 0 Å². The second kappa shape index (κ2) is 7.39. The molecule has 0 spiro atoms. The van der Waals surface area contributed by atoms with Crippen LogP contribution >= 0.6 is 0 Å². The molecule has 5 rings (SSSR count). The molecule has 0 bridgehead atoms. The molecule has 0 saturated carbocycles. The first-order valence-electron chi connectivity index (χ1n) is 10.9. The van der Waals surface area contributed by atoms with E-state index in [9.17, 15) is 0 Å². The van der Waals surface area contributed by atoms with E-state index in [1.54, 1.807) is 7.11 Å². The normalized spacial score (nSPS) is 20.7. The lowest BCUT2D eigenvalue weighted by Gasteiger charge is -2.36. The summed E-state index contributed by atoms with van der Waals surface area (Å²) in [6.45, 7) is 6.51. The van der Waals surface area contributed by atoms with Crippen molar-refractivity contribution in [2.75, 3.05) is 25.1 Å². The number of ether oxygens (including phenoxy) is 2. The van der Waals surface area contributed by atoms with E-state index in [-0.39, 0.29) is 0 Å². The van der Waals surface area contributed by atoms with Crippen LogP contribution in [0.15, 0.2) is 54.6 Å². The molecule has 0 aromatic heterocycles. The third kappa shape index (κ3) is 3.13. The predicted octanol–water partition coefficient (Wildman–Crippen LogP) is 6.47. The van der Waals surface area contributed by atoms with E-state index < -0.39 is 5.60 Å². The lowest BCUT2D eigenvalue weighted by atomic mass is 9.87. The van der Waals surface area contributed by atoms with Crippen molar-refractivity contribution in [3.63, 3.8) is 0 Å². The van der Waals surface area contributed by atoms with Crippen LogP contribution in [-0.4, -0.2) is 20.2 Å². The SMILES string of the molecule is COc1ccc(C2(C)C=Cc3c(cc(N4CCCCC4)c4ccccc34)O2)c(C)c1. The van der Waals surface area contributed by atoms with Gasteiger partial charge in [-0.3, -0.25) is 0 Å². The number of rotatable bonds is 3. The first-order chi connectivity index (χ1) is 14.6.